The van der Waals surface area contributed by atoms with Crippen LogP contribution in [0.3, 0.4) is 0 Å². The van der Waals surface area contributed by atoms with Gasteiger partial charge in [-0.25, -0.2) is 18.1 Å². The van der Waals surface area contributed by atoms with Gasteiger partial charge in [0.15, 0.2) is 0 Å². The molecule has 0 amide bonds. The summed E-state index contributed by atoms with van der Waals surface area (Å²) >= 11 is 0. The fourth-order valence-corrected chi connectivity index (χ4v) is 2.60. The summed E-state index contributed by atoms with van der Waals surface area (Å²) in [6.07, 6.45) is 4.32. The second-order valence-electron chi connectivity index (χ2n) is 3.47. The molecule has 2 rings (SSSR count). The van der Waals surface area contributed by atoms with Crippen LogP contribution in [0.1, 0.15) is 18.8 Å². The Bertz CT molecular complexity index is 587. The number of rotatable bonds is 4. The fraction of sp³-hybridized carbons (Fsp3) is 0.250. The Labute approximate surface area is 97.7 Å². The van der Waals surface area contributed by atoms with Crippen molar-refractivity contribution in [3.05, 3.63) is 24.4 Å². The molecule has 92 valence electrons. The molecule has 0 bridgehead atoms. The zero-order valence-corrected chi connectivity index (χ0v) is 9.82. The van der Waals surface area contributed by atoms with E-state index in [0.717, 1.165) is 6.20 Å². The lowest BCUT2D eigenvalue weighted by molar-refractivity contribution is 0.561. The second kappa shape index (κ2) is 4.18. The first-order valence-electron chi connectivity index (χ1n) is 4.81. The van der Waals surface area contributed by atoms with Gasteiger partial charge in [0, 0.05) is 12.4 Å². The number of aromatic nitrogens is 4. The molecular weight excluding hydrogens is 244 g/mol. The smallest absolute Gasteiger partial charge is 0.246 e. The molecule has 0 saturated heterocycles. The summed E-state index contributed by atoms with van der Waals surface area (Å²) in [5.41, 5.74) is 5.46. The van der Waals surface area contributed by atoms with Crippen LogP contribution in [0, 0.1) is 0 Å². The number of hydrogen-bond donors (Lipinski definition) is 4. The van der Waals surface area contributed by atoms with Crippen molar-refractivity contribution in [1.29, 1.82) is 0 Å². The molecule has 0 saturated carbocycles. The molecule has 0 aliphatic carbocycles. The molecular formula is C8H12N6O2S. The van der Waals surface area contributed by atoms with E-state index >= 15 is 0 Å². The van der Waals surface area contributed by atoms with E-state index in [0.29, 0.717) is 5.82 Å². The second-order valence-corrected chi connectivity index (χ2v) is 5.15. The van der Waals surface area contributed by atoms with Crippen LogP contribution in [-0.2, 0) is 10.0 Å². The minimum Gasteiger partial charge on any atom is -0.383 e. The van der Waals surface area contributed by atoms with Crippen LogP contribution >= 0.6 is 0 Å². The number of anilines is 1. The largest absolute Gasteiger partial charge is 0.383 e. The highest BCUT2D eigenvalue weighted by Crippen LogP contribution is 2.17. The zero-order chi connectivity index (χ0) is 12.5. The number of hydrogen-bond acceptors (Lipinski definition) is 5. The summed E-state index contributed by atoms with van der Waals surface area (Å²) in [6.45, 7) is 1.67. The standard InChI is InChI=1S/C8H12N6O2S/c1-5(8-10-2-3-11-8)14-17(15,16)6-4-12-13-7(6)9/h2-5,14H,1H3,(H,10,11)(H3,9,12,13). The number of H-pyrrole nitrogens is 2. The van der Waals surface area contributed by atoms with Crippen molar-refractivity contribution in [3.63, 3.8) is 0 Å². The molecule has 2 heterocycles. The van der Waals surface area contributed by atoms with Gasteiger partial charge in [0.1, 0.15) is 16.5 Å². The first kappa shape index (κ1) is 11.6. The van der Waals surface area contributed by atoms with Gasteiger partial charge in [-0.15, -0.1) is 0 Å². The molecule has 9 heteroatoms. The predicted molar refractivity (Wildman–Crippen MR) is 60.3 cm³/mol. The molecule has 0 radical (unpaired) electrons. The molecule has 1 atom stereocenters. The quantitative estimate of drug-likeness (QED) is 0.599. The summed E-state index contributed by atoms with van der Waals surface area (Å²) < 4.78 is 26.3. The van der Waals surface area contributed by atoms with Gasteiger partial charge < -0.3 is 10.7 Å². The van der Waals surface area contributed by atoms with E-state index in [-0.39, 0.29) is 10.7 Å². The van der Waals surface area contributed by atoms with E-state index in [1.807, 2.05) is 0 Å². The zero-order valence-electron chi connectivity index (χ0n) is 9.01. The van der Waals surface area contributed by atoms with Crippen molar-refractivity contribution in [1.82, 2.24) is 24.9 Å². The van der Waals surface area contributed by atoms with E-state index in [4.69, 9.17) is 5.73 Å². The average Bonchev–Trinajstić information content (AvgIpc) is 2.85. The lowest BCUT2D eigenvalue weighted by Gasteiger charge is -2.11. The Morgan fingerprint density at radius 3 is 2.82 bits per heavy atom. The van der Waals surface area contributed by atoms with Gasteiger partial charge in [-0.05, 0) is 6.92 Å². The van der Waals surface area contributed by atoms with Gasteiger partial charge in [-0.2, -0.15) is 5.10 Å². The van der Waals surface area contributed by atoms with Crippen LogP contribution in [0.15, 0.2) is 23.5 Å². The monoisotopic (exact) mass is 256 g/mol. The van der Waals surface area contributed by atoms with Crippen LogP contribution in [0.4, 0.5) is 5.82 Å². The lowest BCUT2D eigenvalue weighted by Crippen LogP contribution is -2.27. The Kier molecular flexibility index (Phi) is 2.86. The van der Waals surface area contributed by atoms with Gasteiger partial charge in [0.25, 0.3) is 0 Å². The number of aromatic amines is 2. The number of nitrogens with one attached hydrogen (secondary N) is 3. The Balaban J connectivity index is 2.22. The van der Waals surface area contributed by atoms with Crippen molar-refractivity contribution in [2.24, 2.45) is 0 Å². The van der Waals surface area contributed by atoms with Gasteiger partial charge in [-0.3, -0.25) is 5.10 Å². The first-order valence-corrected chi connectivity index (χ1v) is 6.29. The highest BCUT2D eigenvalue weighted by atomic mass is 32.2. The van der Waals surface area contributed by atoms with E-state index in [9.17, 15) is 8.42 Å². The molecule has 2 aromatic heterocycles. The van der Waals surface area contributed by atoms with Gasteiger partial charge in [0.05, 0.1) is 12.2 Å². The highest BCUT2D eigenvalue weighted by molar-refractivity contribution is 7.89. The maximum absolute atomic E-state index is 11.9. The molecule has 0 aromatic carbocycles. The molecule has 17 heavy (non-hydrogen) atoms. The third kappa shape index (κ3) is 2.29. The predicted octanol–water partition coefficient (Wildman–Crippen LogP) is -0.246. The van der Waals surface area contributed by atoms with Crippen molar-refractivity contribution >= 4 is 15.8 Å². The van der Waals surface area contributed by atoms with Crippen molar-refractivity contribution < 1.29 is 8.42 Å². The molecule has 8 nitrogen and oxygen atoms in total. The number of nitrogens with zero attached hydrogens (tertiary/aromatic N) is 2. The summed E-state index contributed by atoms with van der Waals surface area (Å²) in [6, 6.07) is -0.482. The first-order chi connectivity index (χ1) is 8.00. The Hall–Kier alpha value is -1.87. The summed E-state index contributed by atoms with van der Waals surface area (Å²) in [5.74, 6) is 0.528. The number of nitrogen functional groups attached to an aromatic ring is 1. The van der Waals surface area contributed by atoms with Gasteiger partial charge in [0.2, 0.25) is 10.0 Å². The van der Waals surface area contributed by atoms with Crippen LogP contribution in [0.2, 0.25) is 0 Å². The molecule has 5 N–H and O–H groups in total. The molecule has 2 aromatic rings. The highest BCUT2D eigenvalue weighted by Gasteiger charge is 2.23. The lowest BCUT2D eigenvalue weighted by atomic mass is 10.3. The molecule has 1 unspecified atom stereocenters. The van der Waals surface area contributed by atoms with Crippen LogP contribution in [-0.4, -0.2) is 28.6 Å². The van der Waals surface area contributed by atoms with Crippen molar-refractivity contribution in [2.75, 3.05) is 5.73 Å². The SMILES string of the molecule is CC(NS(=O)(=O)c1cn[nH]c1N)c1ncc[nH]1. The minimum absolute atomic E-state index is 0.00384. The van der Waals surface area contributed by atoms with E-state index < -0.39 is 16.1 Å². The van der Waals surface area contributed by atoms with Crippen LogP contribution < -0.4 is 10.5 Å². The molecule has 0 spiro atoms. The maximum Gasteiger partial charge on any atom is 0.246 e. The Morgan fingerprint density at radius 2 is 2.29 bits per heavy atom. The van der Waals surface area contributed by atoms with Gasteiger partial charge in [-0.1, -0.05) is 0 Å². The number of sulfonamides is 1. The van der Waals surface area contributed by atoms with E-state index in [2.05, 4.69) is 24.9 Å². The third-order valence-electron chi connectivity index (χ3n) is 2.18. The molecule has 0 aliphatic rings. The third-order valence-corrected chi connectivity index (χ3v) is 3.75. The van der Waals surface area contributed by atoms with Crippen molar-refractivity contribution in [2.45, 2.75) is 17.9 Å². The molecule has 0 aliphatic heterocycles. The van der Waals surface area contributed by atoms with E-state index in [1.165, 1.54) is 0 Å². The summed E-state index contributed by atoms with van der Waals surface area (Å²) in [5, 5.41) is 5.93. The van der Waals surface area contributed by atoms with Crippen LogP contribution in [0.5, 0.6) is 0 Å². The average molecular weight is 256 g/mol. The van der Waals surface area contributed by atoms with Crippen molar-refractivity contribution in [3.8, 4) is 0 Å². The Morgan fingerprint density at radius 1 is 1.53 bits per heavy atom. The van der Waals surface area contributed by atoms with Gasteiger partial charge >= 0.3 is 0 Å². The maximum atomic E-state index is 11.9. The minimum atomic E-state index is -3.70. The number of nitrogens with two attached hydrogens (primary N) is 1. The van der Waals surface area contributed by atoms with E-state index in [1.54, 1.807) is 19.3 Å². The topological polar surface area (TPSA) is 130 Å². The fourth-order valence-electron chi connectivity index (χ4n) is 1.37. The summed E-state index contributed by atoms with van der Waals surface area (Å²) in [4.78, 5) is 6.72. The van der Waals surface area contributed by atoms with Crippen LogP contribution in [0.25, 0.3) is 0 Å². The summed E-state index contributed by atoms with van der Waals surface area (Å²) in [7, 11) is -3.70. The molecule has 0 fully saturated rings. The normalized spacial score (nSPS) is 13.7. The number of imidazole rings is 1.